The largest absolute Gasteiger partial charge is 0.343 e. The molecule has 4 saturated carbocycles. The van der Waals surface area contributed by atoms with E-state index < -0.39 is 0 Å². The Hall–Kier alpha value is -1.13. The first kappa shape index (κ1) is 35.7. The zero-order valence-electron chi connectivity index (χ0n) is 29.1. The molecule has 0 aliphatic heterocycles. The fraction of sp³-hybridized carbons (Fsp3) is 0.921. The Morgan fingerprint density at radius 3 is 2.23 bits per heavy atom. The van der Waals surface area contributed by atoms with Gasteiger partial charge in [-0.1, -0.05) is 13.8 Å². The number of fused-ring (bicyclic) bond motifs is 5. The van der Waals surface area contributed by atoms with E-state index in [0.717, 1.165) is 88.9 Å². The number of nitrogens with one attached hydrogen (secondary N) is 3. The standard InChI is InChI=1S/C38H69N5O/c1-6-29(12-17-36(44)43(7-2)8-3)33-15-16-34-32-14-13-30-28-31(18-20-37(30,4)35(32)19-21-38(33,34)5)42-27-11-26-41-25-10-24-40-23-9-22-39/h1,29-35,40-42H,7-28,39H2,2-5H3/t29-,30?,31+,32?,33-,34?,35?,37+,38-/m1/s1. The van der Waals surface area contributed by atoms with Crippen molar-refractivity contribution in [3.05, 3.63) is 0 Å². The lowest BCUT2D eigenvalue weighted by Crippen LogP contribution is -2.55. The lowest BCUT2D eigenvalue weighted by atomic mass is 9.44. The summed E-state index contributed by atoms with van der Waals surface area (Å²) in [6.07, 6.45) is 23.5. The van der Waals surface area contributed by atoms with Crippen LogP contribution >= 0.6 is 0 Å². The molecule has 4 unspecified atom stereocenters. The monoisotopic (exact) mass is 612 g/mol. The van der Waals surface area contributed by atoms with Crippen LogP contribution in [0.15, 0.2) is 0 Å². The number of terminal acetylenes is 1. The van der Waals surface area contributed by atoms with Crippen LogP contribution in [-0.2, 0) is 4.79 Å². The number of nitrogens with two attached hydrogens (primary N) is 1. The predicted octanol–water partition coefficient (Wildman–Crippen LogP) is 5.81. The molecule has 4 rings (SSSR count). The topological polar surface area (TPSA) is 82.4 Å². The minimum atomic E-state index is 0.244. The van der Waals surface area contributed by atoms with E-state index in [0.29, 0.717) is 29.2 Å². The van der Waals surface area contributed by atoms with Crippen molar-refractivity contribution in [3.63, 3.8) is 0 Å². The highest BCUT2D eigenvalue weighted by Gasteiger charge is 2.60. The molecule has 1 amide bonds. The van der Waals surface area contributed by atoms with Gasteiger partial charge in [0, 0.05) is 31.5 Å². The van der Waals surface area contributed by atoms with E-state index in [4.69, 9.17) is 12.2 Å². The summed E-state index contributed by atoms with van der Waals surface area (Å²) in [4.78, 5) is 14.7. The second-order valence-corrected chi connectivity index (χ2v) is 15.5. The smallest absolute Gasteiger partial charge is 0.222 e. The molecule has 6 heteroatoms. The Bertz CT molecular complexity index is 915. The van der Waals surface area contributed by atoms with Gasteiger partial charge >= 0.3 is 0 Å². The summed E-state index contributed by atoms with van der Waals surface area (Å²) in [5, 5.41) is 11.0. The van der Waals surface area contributed by atoms with Gasteiger partial charge in [-0.05, 0) is 177 Å². The molecule has 0 saturated heterocycles. The van der Waals surface area contributed by atoms with E-state index >= 15 is 0 Å². The van der Waals surface area contributed by atoms with Crippen molar-refractivity contribution in [1.29, 1.82) is 0 Å². The van der Waals surface area contributed by atoms with Crippen molar-refractivity contribution in [2.45, 2.75) is 124 Å². The summed E-state index contributed by atoms with van der Waals surface area (Å²) >= 11 is 0. The highest BCUT2D eigenvalue weighted by Crippen LogP contribution is 2.68. The molecule has 252 valence electrons. The summed E-state index contributed by atoms with van der Waals surface area (Å²) in [6, 6.07) is 0.705. The van der Waals surface area contributed by atoms with Crippen molar-refractivity contribution in [2.24, 2.45) is 52.1 Å². The molecule has 6 nitrogen and oxygen atoms in total. The van der Waals surface area contributed by atoms with Crippen molar-refractivity contribution < 1.29 is 4.79 Å². The van der Waals surface area contributed by atoms with Crippen molar-refractivity contribution in [2.75, 3.05) is 52.4 Å². The fourth-order valence-corrected chi connectivity index (χ4v) is 10.9. The molecular formula is C38H69N5O. The van der Waals surface area contributed by atoms with Crippen LogP contribution in [0.2, 0.25) is 0 Å². The summed E-state index contributed by atoms with van der Waals surface area (Å²) in [6.45, 7) is 17.3. The van der Waals surface area contributed by atoms with Crippen molar-refractivity contribution >= 4 is 5.91 Å². The molecular weight excluding hydrogens is 542 g/mol. The van der Waals surface area contributed by atoms with E-state index in [1.165, 1.54) is 70.6 Å². The molecule has 4 aliphatic rings. The minimum Gasteiger partial charge on any atom is -0.343 e. The van der Waals surface area contributed by atoms with Crippen LogP contribution in [0.25, 0.3) is 0 Å². The quantitative estimate of drug-likeness (QED) is 0.116. The van der Waals surface area contributed by atoms with E-state index in [1.807, 2.05) is 4.90 Å². The van der Waals surface area contributed by atoms with Gasteiger partial charge in [0.05, 0.1) is 0 Å². The molecule has 0 spiro atoms. The second kappa shape index (κ2) is 17.1. The van der Waals surface area contributed by atoms with Gasteiger partial charge in [0.1, 0.15) is 0 Å². The van der Waals surface area contributed by atoms with E-state index in [-0.39, 0.29) is 11.8 Å². The van der Waals surface area contributed by atoms with Crippen LogP contribution in [0.1, 0.15) is 118 Å². The van der Waals surface area contributed by atoms with Crippen molar-refractivity contribution in [1.82, 2.24) is 20.9 Å². The Labute approximate surface area is 271 Å². The normalized spacial score (nSPS) is 35.3. The van der Waals surface area contributed by atoms with Gasteiger partial charge in [-0.2, -0.15) is 0 Å². The Morgan fingerprint density at radius 2 is 1.55 bits per heavy atom. The molecule has 9 atom stereocenters. The van der Waals surface area contributed by atoms with Gasteiger partial charge in [-0.15, -0.1) is 12.3 Å². The zero-order valence-corrected chi connectivity index (χ0v) is 29.1. The maximum Gasteiger partial charge on any atom is 0.222 e. The lowest BCUT2D eigenvalue weighted by Gasteiger charge is -2.61. The van der Waals surface area contributed by atoms with E-state index in [2.05, 4.69) is 49.6 Å². The fourth-order valence-electron chi connectivity index (χ4n) is 10.9. The Morgan fingerprint density at radius 1 is 0.886 bits per heavy atom. The molecule has 5 N–H and O–H groups in total. The predicted molar refractivity (Wildman–Crippen MR) is 185 cm³/mol. The molecule has 0 aromatic carbocycles. The SMILES string of the molecule is C#C[C@H](CCC(=O)N(CC)CC)[C@H]1CCC2C3CCC4C[C@@H](NCCCNCCCNCCCN)CC[C@]4(C)C3CC[C@@]21C. The number of nitrogens with zero attached hydrogens (tertiary/aromatic N) is 1. The van der Waals surface area contributed by atoms with Crippen LogP contribution < -0.4 is 21.7 Å². The van der Waals surface area contributed by atoms with Crippen LogP contribution in [0, 0.1) is 58.7 Å². The highest BCUT2D eigenvalue weighted by molar-refractivity contribution is 5.76. The minimum absolute atomic E-state index is 0.244. The van der Waals surface area contributed by atoms with Gasteiger partial charge in [0.2, 0.25) is 5.91 Å². The molecule has 0 radical (unpaired) electrons. The first-order valence-corrected chi connectivity index (χ1v) is 18.9. The summed E-state index contributed by atoms with van der Waals surface area (Å²) < 4.78 is 0. The van der Waals surface area contributed by atoms with Gasteiger partial charge < -0.3 is 26.6 Å². The van der Waals surface area contributed by atoms with Gasteiger partial charge in [0.25, 0.3) is 0 Å². The summed E-state index contributed by atoms with van der Waals surface area (Å²) in [5.41, 5.74) is 6.42. The number of hydrogen-bond donors (Lipinski definition) is 4. The molecule has 0 aromatic rings. The third-order valence-corrected chi connectivity index (χ3v) is 13.5. The van der Waals surface area contributed by atoms with Crippen LogP contribution in [0.5, 0.6) is 0 Å². The van der Waals surface area contributed by atoms with Crippen molar-refractivity contribution in [3.8, 4) is 12.3 Å². The van der Waals surface area contributed by atoms with Gasteiger partial charge in [0.15, 0.2) is 0 Å². The first-order valence-electron chi connectivity index (χ1n) is 18.9. The van der Waals surface area contributed by atoms with E-state index in [9.17, 15) is 4.79 Å². The number of amides is 1. The summed E-state index contributed by atoms with van der Waals surface area (Å²) in [7, 11) is 0. The maximum absolute atomic E-state index is 12.8. The Balaban J connectivity index is 1.22. The van der Waals surface area contributed by atoms with Gasteiger partial charge in [-0.25, -0.2) is 0 Å². The van der Waals surface area contributed by atoms with Crippen LogP contribution in [0.3, 0.4) is 0 Å². The van der Waals surface area contributed by atoms with E-state index in [1.54, 1.807) is 0 Å². The molecule has 0 bridgehead atoms. The summed E-state index contributed by atoms with van der Waals surface area (Å²) in [5.74, 6) is 7.80. The maximum atomic E-state index is 12.8. The third kappa shape index (κ3) is 8.23. The second-order valence-electron chi connectivity index (χ2n) is 15.5. The first-order chi connectivity index (χ1) is 21.3. The number of hydrogen-bond acceptors (Lipinski definition) is 5. The average Bonchev–Trinajstić information content (AvgIpc) is 3.38. The number of carbonyl (C=O) groups excluding carboxylic acids is 1. The van der Waals surface area contributed by atoms with Crippen LogP contribution in [-0.4, -0.2) is 69.2 Å². The highest BCUT2D eigenvalue weighted by atomic mass is 16.2. The molecule has 0 aromatic heterocycles. The average molecular weight is 612 g/mol. The molecule has 4 aliphatic carbocycles. The van der Waals surface area contributed by atoms with Crippen LogP contribution in [0.4, 0.5) is 0 Å². The van der Waals surface area contributed by atoms with Gasteiger partial charge in [-0.3, -0.25) is 4.79 Å². The zero-order chi connectivity index (χ0) is 31.6. The molecule has 0 heterocycles. The number of rotatable bonds is 18. The Kier molecular flexibility index (Phi) is 13.9. The molecule has 44 heavy (non-hydrogen) atoms. The number of carbonyl (C=O) groups is 1. The lowest BCUT2D eigenvalue weighted by molar-refractivity contribution is -0.131. The third-order valence-electron chi connectivity index (χ3n) is 13.5. The molecule has 4 fully saturated rings.